The molecule has 20 heavy (non-hydrogen) atoms. The Morgan fingerprint density at radius 1 is 1.40 bits per heavy atom. The van der Waals surface area contributed by atoms with E-state index in [0.29, 0.717) is 19.5 Å². The highest BCUT2D eigenvalue weighted by Crippen LogP contribution is 2.17. The fraction of sp³-hybridized carbons (Fsp3) is 0.429. The first-order valence-corrected chi connectivity index (χ1v) is 6.52. The lowest BCUT2D eigenvalue weighted by Crippen LogP contribution is -2.45. The maximum absolute atomic E-state index is 12.0. The topological polar surface area (TPSA) is 78.9 Å². The fourth-order valence-corrected chi connectivity index (χ4v) is 2.29. The molecule has 1 heterocycles. The average Bonchev–Trinajstić information content (AvgIpc) is 2.95. The zero-order valence-electron chi connectivity index (χ0n) is 11.3. The Labute approximate surface area is 117 Å². The zero-order chi connectivity index (χ0) is 14.5. The van der Waals surface area contributed by atoms with Crippen LogP contribution in [-0.2, 0) is 11.3 Å². The van der Waals surface area contributed by atoms with Crippen LogP contribution in [0.1, 0.15) is 18.4 Å². The normalized spacial score (nSPS) is 17.9. The van der Waals surface area contributed by atoms with Crippen LogP contribution in [-0.4, -0.2) is 41.7 Å². The van der Waals surface area contributed by atoms with Crippen LogP contribution in [0.25, 0.3) is 0 Å². The highest BCUT2D eigenvalue weighted by molar-refractivity contribution is 5.83. The van der Waals surface area contributed by atoms with Gasteiger partial charge in [-0.05, 0) is 30.5 Å². The molecule has 1 aliphatic rings. The number of carboxylic acid groups (broad SMARTS) is 1. The van der Waals surface area contributed by atoms with Gasteiger partial charge in [0.2, 0.25) is 0 Å². The summed E-state index contributed by atoms with van der Waals surface area (Å²) in [4.78, 5) is 24.4. The van der Waals surface area contributed by atoms with Crippen molar-refractivity contribution in [3.63, 3.8) is 0 Å². The molecule has 0 radical (unpaired) electrons. The molecule has 1 fully saturated rings. The van der Waals surface area contributed by atoms with Crippen LogP contribution in [0.4, 0.5) is 4.79 Å². The van der Waals surface area contributed by atoms with E-state index in [0.717, 1.165) is 17.7 Å². The van der Waals surface area contributed by atoms with Gasteiger partial charge in [-0.2, -0.15) is 0 Å². The minimum Gasteiger partial charge on any atom is -0.497 e. The second-order valence-electron chi connectivity index (χ2n) is 4.70. The van der Waals surface area contributed by atoms with Gasteiger partial charge in [0.15, 0.2) is 0 Å². The van der Waals surface area contributed by atoms with Crippen LogP contribution < -0.4 is 10.1 Å². The molecule has 0 bridgehead atoms. The van der Waals surface area contributed by atoms with E-state index >= 15 is 0 Å². The van der Waals surface area contributed by atoms with E-state index in [1.807, 2.05) is 24.3 Å². The maximum atomic E-state index is 12.0. The summed E-state index contributed by atoms with van der Waals surface area (Å²) in [7, 11) is 1.59. The molecule has 2 rings (SSSR count). The van der Waals surface area contributed by atoms with E-state index in [-0.39, 0.29) is 6.03 Å². The van der Waals surface area contributed by atoms with Gasteiger partial charge in [0.05, 0.1) is 7.11 Å². The third kappa shape index (κ3) is 3.20. The average molecular weight is 278 g/mol. The number of benzene rings is 1. The van der Waals surface area contributed by atoms with Crippen LogP contribution in [0, 0.1) is 0 Å². The molecule has 1 aliphatic heterocycles. The van der Waals surface area contributed by atoms with E-state index in [4.69, 9.17) is 9.84 Å². The minimum absolute atomic E-state index is 0.328. The zero-order valence-corrected chi connectivity index (χ0v) is 11.3. The van der Waals surface area contributed by atoms with Crippen LogP contribution in [0.3, 0.4) is 0 Å². The molecule has 0 saturated carbocycles. The number of urea groups is 1. The molecule has 0 aliphatic carbocycles. The van der Waals surface area contributed by atoms with Gasteiger partial charge in [0.1, 0.15) is 11.8 Å². The first kappa shape index (κ1) is 14.2. The van der Waals surface area contributed by atoms with Crippen molar-refractivity contribution in [2.24, 2.45) is 0 Å². The first-order chi connectivity index (χ1) is 9.61. The van der Waals surface area contributed by atoms with Gasteiger partial charge in [0.25, 0.3) is 0 Å². The lowest BCUT2D eigenvalue weighted by atomic mass is 10.2. The Bertz CT molecular complexity index is 486. The molecule has 0 unspecified atom stereocenters. The van der Waals surface area contributed by atoms with E-state index in [2.05, 4.69) is 5.32 Å². The predicted molar refractivity (Wildman–Crippen MR) is 72.6 cm³/mol. The summed E-state index contributed by atoms with van der Waals surface area (Å²) >= 11 is 0. The van der Waals surface area contributed by atoms with Crippen molar-refractivity contribution in [2.75, 3.05) is 13.7 Å². The molecule has 1 aromatic carbocycles. The van der Waals surface area contributed by atoms with Crippen LogP contribution in [0.15, 0.2) is 24.3 Å². The Balaban J connectivity index is 1.89. The molecule has 1 atom stereocenters. The molecule has 1 saturated heterocycles. The molecular formula is C14H18N2O4. The standard InChI is InChI=1S/C14H18N2O4/c1-20-11-6-4-10(5-7-11)9-15-14(19)16-8-2-3-12(16)13(17)18/h4-7,12H,2-3,8-9H2,1H3,(H,15,19)(H,17,18)/t12-/m0/s1. The smallest absolute Gasteiger partial charge is 0.326 e. The largest absolute Gasteiger partial charge is 0.497 e. The highest BCUT2D eigenvalue weighted by Gasteiger charge is 2.33. The van der Waals surface area contributed by atoms with E-state index < -0.39 is 12.0 Å². The van der Waals surface area contributed by atoms with Gasteiger partial charge in [0, 0.05) is 13.1 Å². The molecule has 2 N–H and O–H groups in total. The van der Waals surface area contributed by atoms with Gasteiger partial charge in [-0.3, -0.25) is 0 Å². The summed E-state index contributed by atoms with van der Waals surface area (Å²) in [5.74, 6) is -0.187. The number of nitrogens with zero attached hydrogens (tertiary/aromatic N) is 1. The summed E-state index contributed by atoms with van der Waals surface area (Å²) in [6.07, 6.45) is 1.25. The van der Waals surface area contributed by atoms with Crippen molar-refractivity contribution >= 4 is 12.0 Å². The van der Waals surface area contributed by atoms with Crippen LogP contribution >= 0.6 is 0 Å². The number of methoxy groups -OCH3 is 1. The Morgan fingerprint density at radius 2 is 2.10 bits per heavy atom. The number of carbonyl (C=O) groups excluding carboxylic acids is 1. The predicted octanol–water partition coefficient (Wildman–Crippen LogP) is 1.45. The van der Waals surface area contributed by atoms with Crippen molar-refractivity contribution in [3.05, 3.63) is 29.8 Å². The van der Waals surface area contributed by atoms with Crippen molar-refractivity contribution in [1.29, 1.82) is 0 Å². The summed E-state index contributed by atoms with van der Waals surface area (Å²) < 4.78 is 5.06. The van der Waals surface area contributed by atoms with E-state index in [9.17, 15) is 9.59 Å². The summed E-state index contributed by atoms with van der Waals surface area (Å²) in [5.41, 5.74) is 0.935. The fourth-order valence-electron chi connectivity index (χ4n) is 2.29. The third-order valence-corrected chi connectivity index (χ3v) is 3.40. The number of ether oxygens (including phenoxy) is 1. The quantitative estimate of drug-likeness (QED) is 0.873. The summed E-state index contributed by atoms with van der Waals surface area (Å²) in [5, 5.41) is 11.8. The lowest BCUT2D eigenvalue weighted by molar-refractivity contribution is -0.141. The van der Waals surface area contributed by atoms with Crippen molar-refractivity contribution in [2.45, 2.75) is 25.4 Å². The summed E-state index contributed by atoms with van der Waals surface area (Å²) in [6, 6.07) is 6.32. The molecule has 0 aromatic heterocycles. The first-order valence-electron chi connectivity index (χ1n) is 6.52. The minimum atomic E-state index is -0.943. The van der Waals surface area contributed by atoms with Gasteiger partial charge >= 0.3 is 12.0 Å². The third-order valence-electron chi connectivity index (χ3n) is 3.40. The molecule has 2 amide bonds. The number of nitrogens with one attached hydrogen (secondary N) is 1. The molecular weight excluding hydrogens is 260 g/mol. The van der Waals surface area contributed by atoms with Crippen LogP contribution in [0.5, 0.6) is 5.75 Å². The Morgan fingerprint density at radius 3 is 2.70 bits per heavy atom. The monoisotopic (exact) mass is 278 g/mol. The van der Waals surface area contributed by atoms with E-state index in [1.54, 1.807) is 7.11 Å². The van der Waals surface area contributed by atoms with Gasteiger partial charge in [-0.15, -0.1) is 0 Å². The maximum Gasteiger partial charge on any atom is 0.326 e. The second kappa shape index (κ2) is 6.27. The van der Waals surface area contributed by atoms with Crippen LogP contribution in [0.2, 0.25) is 0 Å². The number of aliphatic carboxylic acids is 1. The second-order valence-corrected chi connectivity index (χ2v) is 4.70. The number of hydrogen-bond donors (Lipinski definition) is 2. The number of carboxylic acids is 1. The molecule has 0 spiro atoms. The molecule has 6 nitrogen and oxygen atoms in total. The van der Waals surface area contributed by atoms with Crippen molar-refractivity contribution in [1.82, 2.24) is 10.2 Å². The van der Waals surface area contributed by atoms with Gasteiger partial charge < -0.3 is 20.1 Å². The van der Waals surface area contributed by atoms with Crippen molar-refractivity contribution in [3.8, 4) is 5.75 Å². The SMILES string of the molecule is COc1ccc(CNC(=O)N2CCC[C@H]2C(=O)O)cc1. The number of hydrogen-bond acceptors (Lipinski definition) is 3. The number of rotatable bonds is 4. The number of amides is 2. The van der Waals surface area contributed by atoms with Gasteiger partial charge in [-0.1, -0.05) is 12.1 Å². The molecule has 108 valence electrons. The molecule has 1 aromatic rings. The number of likely N-dealkylation sites (tertiary alicyclic amines) is 1. The summed E-state index contributed by atoms with van der Waals surface area (Å²) in [6.45, 7) is 0.858. The number of carbonyl (C=O) groups is 2. The Kier molecular flexibility index (Phi) is 4.45. The Hall–Kier alpha value is -2.24. The van der Waals surface area contributed by atoms with Crippen molar-refractivity contribution < 1.29 is 19.4 Å². The lowest BCUT2D eigenvalue weighted by Gasteiger charge is -2.21. The van der Waals surface area contributed by atoms with E-state index in [1.165, 1.54) is 4.90 Å². The molecule has 6 heteroatoms. The highest BCUT2D eigenvalue weighted by atomic mass is 16.5. The van der Waals surface area contributed by atoms with Gasteiger partial charge in [-0.25, -0.2) is 9.59 Å².